The zero-order valence-corrected chi connectivity index (χ0v) is 13.4. The van der Waals surface area contributed by atoms with Crippen molar-refractivity contribution in [2.24, 2.45) is 5.73 Å². The summed E-state index contributed by atoms with van der Waals surface area (Å²) in [5.74, 6) is 0.728. The summed E-state index contributed by atoms with van der Waals surface area (Å²) in [6, 6.07) is 7.85. The lowest BCUT2D eigenvalue weighted by Crippen LogP contribution is -2.09. The molecule has 0 unspecified atom stereocenters. The number of para-hydroxylation sites is 1. The Labute approximate surface area is 130 Å². The lowest BCUT2D eigenvalue weighted by atomic mass is 10.1. The average molecular weight is 308 g/mol. The van der Waals surface area contributed by atoms with Gasteiger partial charge < -0.3 is 10.5 Å². The van der Waals surface area contributed by atoms with E-state index in [1.165, 1.54) is 0 Å². The molecule has 0 atom stereocenters. The summed E-state index contributed by atoms with van der Waals surface area (Å²) in [5.41, 5.74) is 8.83. The SMILES string of the molecule is CCc1cc(COc2c(Cl)cccc2CCN)n(CC)n1. The van der Waals surface area contributed by atoms with Crippen LogP contribution in [0.4, 0.5) is 0 Å². The first-order valence-electron chi connectivity index (χ1n) is 7.35. The Morgan fingerprint density at radius 3 is 2.81 bits per heavy atom. The van der Waals surface area contributed by atoms with Crippen molar-refractivity contribution >= 4 is 11.6 Å². The monoisotopic (exact) mass is 307 g/mol. The van der Waals surface area contributed by atoms with Crippen molar-refractivity contribution < 1.29 is 4.74 Å². The zero-order chi connectivity index (χ0) is 15.2. The van der Waals surface area contributed by atoms with Crippen molar-refractivity contribution in [2.75, 3.05) is 6.54 Å². The van der Waals surface area contributed by atoms with Gasteiger partial charge in [0.05, 0.1) is 16.4 Å². The van der Waals surface area contributed by atoms with E-state index in [-0.39, 0.29) is 0 Å². The Hall–Kier alpha value is -1.52. The van der Waals surface area contributed by atoms with E-state index in [1.54, 1.807) is 0 Å². The molecule has 0 bridgehead atoms. The topological polar surface area (TPSA) is 53.1 Å². The van der Waals surface area contributed by atoms with Crippen LogP contribution in [0.3, 0.4) is 0 Å². The molecule has 0 amide bonds. The van der Waals surface area contributed by atoms with Crippen LogP contribution >= 0.6 is 11.6 Å². The van der Waals surface area contributed by atoms with Crippen molar-refractivity contribution in [3.8, 4) is 5.75 Å². The molecule has 0 saturated heterocycles. The van der Waals surface area contributed by atoms with Crippen molar-refractivity contribution in [3.05, 3.63) is 46.2 Å². The Morgan fingerprint density at radius 2 is 2.14 bits per heavy atom. The fourth-order valence-electron chi connectivity index (χ4n) is 2.29. The average Bonchev–Trinajstić information content (AvgIpc) is 2.89. The highest BCUT2D eigenvalue weighted by Gasteiger charge is 2.11. The molecule has 0 fully saturated rings. The largest absolute Gasteiger partial charge is 0.485 e. The predicted octanol–water partition coefficient (Wildman–Crippen LogP) is 3.20. The third-order valence-corrected chi connectivity index (χ3v) is 3.70. The Kier molecular flexibility index (Phi) is 5.65. The van der Waals surface area contributed by atoms with Gasteiger partial charge in [0.2, 0.25) is 0 Å². The van der Waals surface area contributed by atoms with Crippen molar-refractivity contribution in [2.45, 2.75) is 39.8 Å². The third-order valence-electron chi connectivity index (χ3n) is 3.40. The zero-order valence-electron chi connectivity index (χ0n) is 12.6. The normalized spacial score (nSPS) is 10.9. The van der Waals surface area contributed by atoms with Crippen molar-refractivity contribution in [3.63, 3.8) is 0 Å². The molecule has 1 aromatic carbocycles. The second-order valence-corrected chi connectivity index (χ2v) is 5.26. The van der Waals surface area contributed by atoms with Gasteiger partial charge in [0.25, 0.3) is 0 Å². The minimum atomic E-state index is 0.460. The number of hydrogen-bond acceptors (Lipinski definition) is 3. The fourth-order valence-corrected chi connectivity index (χ4v) is 2.54. The highest BCUT2D eigenvalue weighted by Crippen LogP contribution is 2.29. The molecule has 0 saturated carbocycles. The van der Waals surface area contributed by atoms with Gasteiger partial charge in [-0.3, -0.25) is 4.68 Å². The summed E-state index contributed by atoms with van der Waals surface area (Å²) in [6.07, 6.45) is 1.67. The van der Waals surface area contributed by atoms with E-state index < -0.39 is 0 Å². The molecule has 4 nitrogen and oxygen atoms in total. The molecule has 114 valence electrons. The number of hydrogen-bond donors (Lipinski definition) is 1. The summed E-state index contributed by atoms with van der Waals surface area (Å²) < 4.78 is 7.93. The number of benzene rings is 1. The number of aryl methyl sites for hydroxylation is 2. The maximum absolute atomic E-state index is 6.25. The van der Waals surface area contributed by atoms with Gasteiger partial charge in [-0.25, -0.2) is 0 Å². The molecule has 5 heteroatoms. The van der Waals surface area contributed by atoms with Crippen LogP contribution in [0.5, 0.6) is 5.75 Å². The van der Waals surface area contributed by atoms with E-state index in [9.17, 15) is 0 Å². The maximum atomic E-state index is 6.25. The highest BCUT2D eigenvalue weighted by molar-refractivity contribution is 6.32. The highest BCUT2D eigenvalue weighted by atomic mass is 35.5. The molecular formula is C16H22ClN3O. The molecule has 0 spiro atoms. The van der Waals surface area contributed by atoms with Gasteiger partial charge in [-0.1, -0.05) is 30.7 Å². The molecule has 2 rings (SSSR count). The van der Waals surface area contributed by atoms with E-state index in [4.69, 9.17) is 22.1 Å². The van der Waals surface area contributed by atoms with E-state index in [0.29, 0.717) is 18.2 Å². The lowest BCUT2D eigenvalue weighted by molar-refractivity contribution is 0.290. The first-order valence-corrected chi connectivity index (χ1v) is 7.73. The molecule has 0 aliphatic heterocycles. The predicted molar refractivity (Wildman–Crippen MR) is 85.8 cm³/mol. The minimum absolute atomic E-state index is 0.460. The number of ether oxygens (including phenoxy) is 1. The van der Waals surface area contributed by atoms with Gasteiger partial charge in [-0.05, 0) is 44.0 Å². The number of rotatable bonds is 7. The van der Waals surface area contributed by atoms with Crippen LogP contribution < -0.4 is 10.5 Å². The molecule has 0 aliphatic rings. The van der Waals surface area contributed by atoms with Gasteiger partial charge in [0.15, 0.2) is 0 Å². The van der Waals surface area contributed by atoms with E-state index in [2.05, 4.69) is 25.0 Å². The van der Waals surface area contributed by atoms with Crippen LogP contribution in [0.15, 0.2) is 24.3 Å². The minimum Gasteiger partial charge on any atom is -0.485 e. The van der Waals surface area contributed by atoms with Gasteiger partial charge in [-0.2, -0.15) is 5.10 Å². The first kappa shape index (κ1) is 15.9. The molecule has 2 N–H and O–H groups in total. The summed E-state index contributed by atoms with van der Waals surface area (Å²) in [4.78, 5) is 0. The van der Waals surface area contributed by atoms with E-state index in [1.807, 2.05) is 22.9 Å². The van der Waals surface area contributed by atoms with Gasteiger partial charge in [0, 0.05) is 6.54 Å². The van der Waals surface area contributed by atoms with Crippen LogP contribution in [0, 0.1) is 0 Å². The van der Waals surface area contributed by atoms with Crippen LogP contribution in [-0.4, -0.2) is 16.3 Å². The van der Waals surface area contributed by atoms with Crippen LogP contribution in [0.1, 0.15) is 30.8 Å². The molecule has 1 heterocycles. The van der Waals surface area contributed by atoms with E-state index >= 15 is 0 Å². The molecule has 0 radical (unpaired) electrons. The molecular weight excluding hydrogens is 286 g/mol. The number of aromatic nitrogens is 2. The second-order valence-electron chi connectivity index (χ2n) is 4.85. The lowest BCUT2D eigenvalue weighted by Gasteiger charge is -2.13. The molecule has 1 aromatic heterocycles. The standard InChI is InChI=1S/C16H22ClN3O/c1-3-13-10-14(20(4-2)19-13)11-21-16-12(8-9-18)6-5-7-15(16)17/h5-7,10H,3-4,8-9,11,18H2,1-2H3. The summed E-state index contributed by atoms with van der Waals surface area (Å²) >= 11 is 6.25. The van der Waals surface area contributed by atoms with Crippen molar-refractivity contribution in [1.82, 2.24) is 9.78 Å². The molecule has 0 aliphatic carbocycles. The second kappa shape index (κ2) is 7.48. The number of halogens is 1. The van der Waals surface area contributed by atoms with Crippen LogP contribution in [0.25, 0.3) is 0 Å². The maximum Gasteiger partial charge on any atom is 0.141 e. The number of nitrogens with two attached hydrogens (primary N) is 1. The summed E-state index contributed by atoms with van der Waals surface area (Å²) in [7, 11) is 0. The molecule has 21 heavy (non-hydrogen) atoms. The smallest absolute Gasteiger partial charge is 0.141 e. The third kappa shape index (κ3) is 3.77. The summed E-state index contributed by atoms with van der Waals surface area (Å²) in [5, 5.41) is 5.15. The quantitative estimate of drug-likeness (QED) is 0.854. The van der Waals surface area contributed by atoms with Crippen LogP contribution in [-0.2, 0) is 26.0 Å². The van der Waals surface area contributed by atoms with Gasteiger partial charge in [0.1, 0.15) is 12.4 Å². The summed E-state index contributed by atoms with van der Waals surface area (Å²) in [6.45, 7) is 6.04. The van der Waals surface area contributed by atoms with Crippen LogP contribution in [0.2, 0.25) is 5.02 Å². The van der Waals surface area contributed by atoms with Crippen molar-refractivity contribution in [1.29, 1.82) is 0 Å². The van der Waals surface area contributed by atoms with E-state index in [0.717, 1.165) is 42.1 Å². The molecule has 2 aromatic rings. The fraction of sp³-hybridized carbons (Fsp3) is 0.438. The van der Waals surface area contributed by atoms with Gasteiger partial charge in [-0.15, -0.1) is 0 Å². The Bertz CT molecular complexity index is 595. The Balaban J connectivity index is 2.18. The number of nitrogens with zero attached hydrogens (tertiary/aromatic N) is 2. The Morgan fingerprint density at radius 1 is 1.33 bits per heavy atom. The van der Waals surface area contributed by atoms with Gasteiger partial charge >= 0.3 is 0 Å². The first-order chi connectivity index (χ1) is 10.2.